The van der Waals surface area contributed by atoms with E-state index < -0.39 is 17.3 Å². The van der Waals surface area contributed by atoms with E-state index in [9.17, 15) is 18.0 Å². The second kappa shape index (κ2) is 5.13. The number of hydrogen-bond acceptors (Lipinski definition) is 4. The molecule has 0 aliphatic carbocycles. The summed E-state index contributed by atoms with van der Waals surface area (Å²) >= 11 is 0. The molecule has 0 bridgehead atoms. The van der Waals surface area contributed by atoms with Gasteiger partial charge in [0.15, 0.2) is 0 Å². The molecule has 6 nitrogen and oxygen atoms in total. The zero-order valence-electron chi connectivity index (χ0n) is 12.8. The van der Waals surface area contributed by atoms with Crippen LogP contribution in [-0.2, 0) is 6.18 Å². The SMILES string of the molecule is Cc1cc2c(cnc3ncnn32)c(=O)n1-c1ccccc1C(F)(F)F. The van der Waals surface area contributed by atoms with E-state index in [4.69, 9.17) is 0 Å². The van der Waals surface area contributed by atoms with Crippen LogP contribution in [0.4, 0.5) is 13.2 Å². The second-order valence-corrected chi connectivity index (χ2v) is 5.47. The van der Waals surface area contributed by atoms with Crippen molar-refractivity contribution in [3.63, 3.8) is 0 Å². The van der Waals surface area contributed by atoms with Crippen LogP contribution in [0.1, 0.15) is 11.3 Å². The van der Waals surface area contributed by atoms with Crippen molar-refractivity contribution in [3.05, 3.63) is 64.5 Å². The van der Waals surface area contributed by atoms with Gasteiger partial charge in [-0.05, 0) is 25.1 Å². The number of aryl methyl sites for hydroxylation is 1. The second-order valence-electron chi connectivity index (χ2n) is 5.47. The Morgan fingerprint density at radius 3 is 2.64 bits per heavy atom. The van der Waals surface area contributed by atoms with E-state index in [2.05, 4.69) is 15.1 Å². The molecule has 4 rings (SSSR count). The molecule has 0 amide bonds. The van der Waals surface area contributed by atoms with Gasteiger partial charge >= 0.3 is 6.18 Å². The van der Waals surface area contributed by atoms with Crippen molar-refractivity contribution < 1.29 is 13.2 Å². The van der Waals surface area contributed by atoms with Crippen molar-refractivity contribution in [3.8, 4) is 5.69 Å². The van der Waals surface area contributed by atoms with Gasteiger partial charge in [0, 0.05) is 11.9 Å². The summed E-state index contributed by atoms with van der Waals surface area (Å²) in [6, 6.07) is 6.55. The maximum Gasteiger partial charge on any atom is 0.418 e. The number of rotatable bonds is 1. The summed E-state index contributed by atoms with van der Waals surface area (Å²) in [5.74, 6) is 0.305. The Labute approximate surface area is 138 Å². The van der Waals surface area contributed by atoms with E-state index in [1.54, 1.807) is 13.0 Å². The summed E-state index contributed by atoms with van der Waals surface area (Å²) in [6.45, 7) is 1.57. The molecule has 126 valence electrons. The Balaban J connectivity index is 2.11. The first kappa shape index (κ1) is 15.3. The zero-order valence-corrected chi connectivity index (χ0v) is 12.8. The van der Waals surface area contributed by atoms with Crippen molar-refractivity contribution in [2.24, 2.45) is 0 Å². The van der Waals surface area contributed by atoms with Gasteiger partial charge in [-0.1, -0.05) is 12.1 Å². The zero-order chi connectivity index (χ0) is 17.8. The first-order valence-electron chi connectivity index (χ1n) is 7.25. The molecule has 0 saturated heterocycles. The maximum atomic E-state index is 13.3. The van der Waals surface area contributed by atoms with Crippen LogP contribution in [0.3, 0.4) is 0 Å². The van der Waals surface area contributed by atoms with Crippen LogP contribution in [0.2, 0.25) is 0 Å². The molecule has 0 unspecified atom stereocenters. The van der Waals surface area contributed by atoms with Gasteiger partial charge in [0.25, 0.3) is 11.3 Å². The summed E-state index contributed by atoms with van der Waals surface area (Å²) in [6.07, 6.45) is -1.99. The highest BCUT2D eigenvalue weighted by molar-refractivity contribution is 5.79. The quantitative estimate of drug-likeness (QED) is 0.532. The predicted molar refractivity (Wildman–Crippen MR) is 83.6 cm³/mol. The number of para-hydroxylation sites is 1. The molecule has 0 N–H and O–H groups in total. The number of halogens is 3. The number of aromatic nitrogens is 5. The Kier molecular flexibility index (Phi) is 3.14. The van der Waals surface area contributed by atoms with Crippen LogP contribution >= 0.6 is 0 Å². The van der Waals surface area contributed by atoms with Crippen LogP contribution in [0.25, 0.3) is 22.4 Å². The lowest BCUT2D eigenvalue weighted by Crippen LogP contribution is -2.24. The van der Waals surface area contributed by atoms with E-state index in [0.29, 0.717) is 17.0 Å². The topological polar surface area (TPSA) is 65.1 Å². The van der Waals surface area contributed by atoms with Crippen molar-refractivity contribution in [1.29, 1.82) is 0 Å². The highest BCUT2D eigenvalue weighted by Crippen LogP contribution is 2.33. The van der Waals surface area contributed by atoms with Crippen LogP contribution < -0.4 is 5.56 Å². The average Bonchev–Trinajstić information content (AvgIpc) is 3.03. The highest BCUT2D eigenvalue weighted by atomic mass is 19.4. The number of benzene rings is 1. The molecule has 4 aromatic rings. The van der Waals surface area contributed by atoms with Gasteiger partial charge in [-0.25, -0.2) is 4.98 Å². The third-order valence-corrected chi connectivity index (χ3v) is 3.93. The molecule has 0 aliphatic rings. The van der Waals surface area contributed by atoms with Crippen molar-refractivity contribution >= 4 is 16.7 Å². The molecule has 9 heteroatoms. The summed E-state index contributed by atoms with van der Waals surface area (Å²) in [5.41, 5.74) is -0.924. The molecule has 0 atom stereocenters. The van der Waals surface area contributed by atoms with Crippen LogP contribution in [0.5, 0.6) is 0 Å². The molecule has 1 aromatic carbocycles. The molecule has 0 spiro atoms. The lowest BCUT2D eigenvalue weighted by atomic mass is 10.1. The van der Waals surface area contributed by atoms with Crippen LogP contribution in [0.15, 0.2) is 47.7 Å². The molecule has 0 fully saturated rings. The number of nitrogens with zero attached hydrogens (tertiary/aromatic N) is 5. The average molecular weight is 345 g/mol. The van der Waals surface area contributed by atoms with Crippen molar-refractivity contribution in [2.75, 3.05) is 0 Å². The maximum absolute atomic E-state index is 13.3. The highest BCUT2D eigenvalue weighted by Gasteiger charge is 2.34. The van der Waals surface area contributed by atoms with Crippen molar-refractivity contribution in [2.45, 2.75) is 13.1 Å². The number of pyridine rings is 1. The standard InChI is InChI=1S/C16H10F3N5O/c1-9-6-13-10(7-20-15-21-8-22-24(13)15)14(25)23(9)12-5-3-2-4-11(12)16(17,18)19/h2-8H,1H3. The summed E-state index contributed by atoms with van der Waals surface area (Å²) < 4.78 is 42.4. The van der Waals surface area contributed by atoms with Gasteiger partial charge in [0.2, 0.25) is 0 Å². The fourth-order valence-corrected chi connectivity index (χ4v) is 2.85. The van der Waals surface area contributed by atoms with E-state index in [0.717, 1.165) is 10.6 Å². The third-order valence-electron chi connectivity index (χ3n) is 3.93. The minimum atomic E-state index is -4.58. The van der Waals surface area contributed by atoms with Gasteiger partial charge < -0.3 is 0 Å². The number of hydrogen-bond donors (Lipinski definition) is 0. The predicted octanol–water partition coefficient (Wildman–Crippen LogP) is 2.76. The van der Waals surface area contributed by atoms with Crippen LogP contribution in [0, 0.1) is 6.92 Å². The molecule has 0 aliphatic heterocycles. The minimum Gasteiger partial charge on any atom is -0.280 e. The minimum absolute atomic E-state index is 0.153. The normalized spacial score (nSPS) is 12.2. The van der Waals surface area contributed by atoms with Gasteiger partial charge in [0.05, 0.1) is 22.2 Å². The Hall–Kier alpha value is -3.23. The van der Waals surface area contributed by atoms with E-state index >= 15 is 0 Å². The fourth-order valence-electron chi connectivity index (χ4n) is 2.85. The van der Waals surface area contributed by atoms with Gasteiger partial charge in [-0.15, -0.1) is 0 Å². The fraction of sp³-hybridized carbons (Fsp3) is 0.125. The summed E-state index contributed by atoms with van der Waals surface area (Å²) in [5, 5.41) is 4.16. The monoisotopic (exact) mass is 345 g/mol. The van der Waals surface area contributed by atoms with Gasteiger partial charge in [-0.2, -0.15) is 27.8 Å². The number of alkyl halides is 3. The summed E-state index contributed by atoms with van der Waals surface area (Å²) in [7, 11) is 0. The first-order chi connectivity index (χ1) is 11.9. The van der Waals surface area contributed by atoms with Gasteiger partial charge in [0.1, 0.15) is 6.33 Å². The molecular formula is C16H10F3N5O. The molecule has 0 saturated carbocycles. The Bertz CT molecular complexity index is 1180. The lowest BCUT2D eigenvalue weighted by molar-refractivity contribution is -0.137. The molecule has 0 radical (unpaired) electrons. The van der Waals surface area contributed by atoms with Crippen LogP contribution in [-0.4, -0.2) is 24.1 Å². The first-order valence-corrected chi connectivity index (χ1v) is 7.25. The molecular weight excluding hydrogens is 335 g/mol. The third kappa shape index (κ3) is 2.27. The largest absolute Gasteiger partial charge is 0.418 e. The smallest absolute Gasteiger partial charge is 0.280 e. The Morgan fingerprint density at radius 2 is 1.88 bits per heavy atom. The van der Waals surface area contributed by atoms with Crippen molar-refractivity contribution in [1.82, 2.24) is 24.1 Å². The van der Waals surface area contributed by atoms with Gasteiger partial charge in [-0.3, -0.25) is 9.36 Å². The molecule has 25 heavy (non-hydrogen) atoms. The van der Waals surface area contributed by atoms with E-state index in [1.165, 1.54) is 35.2 Å². The molecule has 3 heterocycles. The number of fused-ring (bicyclic) bond motifs is 3. The lowest BCUT2D eigenvalue weighted by Gasteiger charge is -2.17. The van der Waals surface area contributed by atoms with E-state index in [1.807, 2.05) is 0 Å². The Morgan fingerprint density at radius 1 is 1.12 bits per heavy atom. The molecule has 3 aromatic heterocycles. The van der Waals surface area contributed by atoms with E-state index in [-0.39, 0.29) is 11.1 Å². The summed E-state index contributed by atoms with van der Waals surface area (Å²) in [4.78, 5) is 20.8.